The highest BCUT2D eigenvalue weighted by Gasteiger charge is 2.09. The number of aromatic nitrogens is 3. The topological polar surface area (TPSA) is 30.7 Å². The van der Waals surface area contributed by atoms with Gasteiger partial charge in [-0.3, -0.25) is 0 Å². The molecular weight excluding hydrogens is 217 g/mol. The van der Waals surface area contributed by atoms with Crippen molar-refractivity contribution >= 4 is 11.6 Å². The molecule has 0 saturated heterocycles. The molecule has 3 nitrogen and oxygen atoms in total. The lowest BCUT2D eigenvalue weighted by atomic mass is 10.2. The van der Waals surface area contributed by atoms with Gasteiger partial charge in [0, 0.05) is 0 Å². The lowest BCUT2D eigenvalue weighted by Gasteiger charge is -2.06. The van der Waals surface area contributed by atoms with E-state index in [-0.39, 0.29) is 11.7 Å². The van der Waals surface area contributed by atoms with Crippen LogP contribution in [-0.2, 0) is 5.88 Å². The summed E-state index contributed by atoms with van der Waals surface area (Å²) in [5, 5.41) is 7.50. The molecule has 15 heavy (non-hydrogen) atoms. The van der Waals surface area contributed by atoms with Crippen LogP contribution < -0.4 is 0 Å². The zero-order valence-corrected chi connectivity index (χ0v) is 8.87. The van der Waals surface area contributed by atoms with Gasteiger partial charge in [0.25, 0.3) is 0 Å². The largest absolute Gasteiger partial charge is 0.213 e. The molecule has 0 aliphatic rings. The van der Waals surface area contributed by atoms with Crippen LogP contribution in [0.3, 0.4) is 0 Å². The molecule has 2 aromatic rings. The average Bonchev–Trinajstić information content (AvgIpc) is 2.69. The molecule has 0 bridgehead atoms. The smallest absolute Gasteiger partial charge is 0.148 e. The van der Waals surface area contributed by atoms with Gasteiger partial charge >= 0.3 is 0 Å². The first-order valence-corrected chi connectivity index (χ1v) is 4.98. The van der Waals surface area contributed by atoms with Gasteiger partial charge in [0.15, 0.2) is 0 Å². The number of rotatable bonds is 2. The second-order valence-electron chi connectivity index (χ2n) is 3.23. The molecule has 78 valence electrons. The first-order valence-electron chi connectivity index (χ1n) is 4.44. The summed E-state index contributed by atoms with van der Waals surface area (Å²) in [6.45, 7) is 1.89. The average molecular weight is 226 g/mol. The maximum atomic E-state index is 13.5. The van der Waals surface area contributed by atoms with Gasteiger partial charge in [-0.2, -0.15) is 0 Å². The molecular formula is C10H9ClFN3. The summed E-state index contributed by atoms with van der Waals surface area (Å²) in [7, 11) is 0. The first-order chi connectivity index (χ1) is 7.22. The van der Waals surface area contributed by atoms with Crippen molar-refractivity contribution in [1.82, 2.24) is 15.0 Å². The molecule has 1 aromatic carbocycles. The van der Waals surface area contributed by atoms with Crippen LogP contribution in [0.2, 0.25) is 0 Å². The van der Waals surface area contributed by atoms with Crippen molar-refractivity contribution in [3.05, 3.63) is 41.5 Å². The molecule has 0 spiro atoms. The standard InChI is InChI=1S/C10H9ClFN3/c1-7-2-3-9(12)10(4-7)15-8(5-11)6-13-14-15/h2-4,6H,5H2,1H3. The molecule has 1 heterocycles. The molecule has 0 aliphatic heterocycles. The molecule has 0 unspecified atom stereocenters. The van der Waals surface area contributed by atoms with Crippen molar-refractivity contribution in [3.8, 4) is 5.69 Å². The zero-order chi connectivity index (χ0) is 10.8. The van der Waals surface area contributed by atoms with E-state index in [0.717, 1.165) is 5.56 Å². The van der Waals surface area contributed by atoms with Gasteiger partial charge in [-0.15, -0.1) is 16.7 Å². The number of alkyl halides is 1. The van der Waals surface area contributed by atoms with Crippen LogP contribution in [0, 0.1) is 12.7 Å². The maximum absolute atomic E-state index is 13.5. The lowest BCUT2D eigenvalue weighted by molar-refractivity contribution is 0.603. The predicted octanol–water partition coefficient (Wildman–Crippen LogP) is 2.45. The molecule has 0 fully saturated rings. The van der Waals surface area contributed by atoms with Crippen LogP contribution in [0.5, 0.6) is 0 Å². The minimum Gasteiger partial charge on any atom is -0.213 e. The van der Waals surface area contributed by atoms with Crippen LogP contribution in [-0.4, -0.2) is 15.0 Å². The van der Waals surface area contributed by atoms with E-state index in [0.29, 0.717) is 11.4 Å². The number of benzene rings is 1. The Labute approximate surface area is 91.5 Å². The van der Waals surface area contributed by atoms with Crippen LogP contribution in [0.25, 0.3) is 5.69 Å². The summed E-state index contributed by atoms with van der Waals surface area (Å²) in [6.07, 6.45) is 1.52. The van der Waals surface area contributed by atoms with E-state index in [4.69, 9.17) is 11.6 Å². The van der Waals surface area contributed by atoms with Gasteiger partial charge in [-0.25, -0.2) is 9.07 Å². The van der Waals surface area contributed by atoms with Crippen molar-refractivity contribution in [2.75, 3.05) is 0 Å². The third-order valence-corrected chi connectivity index (χ3v) is 2.36. The van der Waals surface area contributed by atoms with E-state index in [2.05, 4.69) is 10.3 Å². The quantitative estimate of drug-likeness (QED) is 0.735. The van der Waals surface area contributed by atoms with Gasteiger partial charge in [0.2, 0.25) is 0 Å². The number of aryl methyl sites for hydroxylation is 1. The van der Waals surface area contributed by atoms with Crippen LogP contribution in [0.1, 0.15) is 11.3 Å². The molecule has 0 N–H and O–H groups in total. The Balaban J connectivity index is 2.58. The summed E-state index contributed by atoms with van der Waals surface area (Å²) < 4.78 is 14.9. The minimum absolute atomic E-state index is 0.250. The molecule has 0 amide bonds. The van der Waals surface area contributed by atoms with Crippen molar-refractivity contribution in [1.29, 1.82) is 0 Å². The molecule has 1 aromatic heterocycles. The van der Waals surface area contributed by atoms with Crippen molar-refractivity contribution in [2.24, 2.45) is 0 Å². The van der Waals surface area contributed by atoms with Gasteiger partial charge in [-0.1, -0.05) is 11.3 Å². The third-order valence-electron chi connectivity index (χ3n) is 2.09. The van der Waals surface area contributed by atoms with Gasteiger partial charge < -0.3 is 0 Å². The van der Waals surface area contributed by atoms with Crippen LogP contribution in [0.15, 0.2) is 24.4 Å². The second kappa shape index (κ2) is 3.98. The van der Waals surface area contributed by atoms with Gasteiger partial charge in [0.1, 0.15) is 11.5 Å². The van der Waals surface area contributed by atoms with E-state index in [1.165, 1.54) is 16.9 Å². The highest BCUT2D eigenvalue weighted by atomic mass is 35.5. The fourth-order valence-electron chi connectivity index (χ4n) is 1.34. The lowest BCUT2D eigenvalue weighted by Crippen LogP contribution is -2.03. The normalized spacial score (nSPS) is 10.6. The Morgan fingerprint density at radius 2 is 2.27 bits per heavy atom. The van der Waals surface area contributed by atoms with Gasteiger partial charge in [-0.05, 0) is 24.6 Å². The number of hydrogen-bond donors (Lipinski definition) is 0. The first kappa shape index (κ1) is 10.1. The van der Waals surface area contributed by atoms with Crippen LogP contribution >= 0.6 is 11.6 Å². The number of hydrogen-bond acceptors (Lipinski definition) is 2. The fraction of sp³-hybridized carbons (Fsp3) is 0.200. The minimum atomic E-state index is -0.336. The monoisotopic (exact) mass is 225 g/mol. The van der Waals surface area contributed by atoms with Gasteiger partial charge in [0.05, 0.1) is 17.8 Å². The molecule has 0 radical (unpaired) electrons. The highest BCUT2D eigenvalue weighted by Crippen LogP contribution is 2.16. The molecule has 2 rings (SSSR count). The molecule has 0 aliphatic carbocycles. The van der Waals surface area contributed by atoms with E-state index >= 15 is 0 Å². The summed E-state index contributed by atoms with van der Waals surface area (Å²) in [4.78, 5) is 0. The Morgan fingerprint density at radius 3 is 3.00 bits per heavy atom. The fourth-order valence-corrected chi connectivity index (χ4v) is 1.52. The predicted molar refractivity (Wildman–Crippen MR) is 55.6 cm³/mol. The SMILES string of the molecule is Cc1ccc(F)c(-n2nncc2CCl)c1. The third kappa shape index (κ3) is 1.85. The van der Waals surface area contributed by atoms with E-state index in [9.17, 15) is 4.39 Å². The summed E-state index contributed by atoms with van der Waals surface area (Å²) in [6, 6.07) is 4.82. The van der Waals surface area contributed by atoms with E-state index in [1.807, 2.05) is 6.92 Å². The van der Waals surface area contributed by atoms with E-state index in [1.54, 1.807) is 12.1 Å². The van der Waals surface area contributed by atoms with Crippen molar-refractivity contribution in [3.63, 3.8) is 0 Å². The Kier molecular flexibility index (Phi) is 2.68. The van der Waals surface area contributed by atoms with Crippen molar-refractivity contribution < 1.29 is 4.39 Å². The summed E-state index contributed by atoms with van der Waals surface area (Å²) >= 11 is 5.69. The van der Waals surface area contributed by atoms with Crippen molar-refractivity contribution in [2.45, 2.75) is 12.8 Å². The van der Waals surface area contributed by atoms with E-state index < -0.39 is 0 Å². The zero-order valence-electron chi connectivity index (χ0n) is 8.11. The molecule has 0 atom stereocenters. The number of halogens is 2. The van der Waals surface area contributed by atoms with Crippen LogP contribution in [0.4, 0.5) is 4.39 Å². The Bertz CT molecular complexity index is 481. The summed E-state index contributed by atoms with van der Waals surface area (Å²) in [5.41, 5.74) is 2.01. The highest BCUT2D eigenvalue weighted by molar-refractivity contribution is 6.16. The molecule has 0 saturated carbocycles. The Hall–Kier alpha value is -1.42. The second-order valence-corrected chi connectivity index (χ2v) is 3.49. The summed E-state index contributed by atoms with van der Waals surface area (Å²) in [5.74, 6) is -0.0853. The molecule has 5 heteroatoms. The maximum Gasteiger partial charge on any atom is 0.148 e. The Morgan fingerprint density at radius 1 is 1.47 bits per heavy atom. The number of nitrogens with zero attached hydrogens (tertiary/aromatic N) is 3.